The molecule has 4 N–H and O–H groups in total. The van der Waals surface area contributed by atoms with Crippen molar-refractivity contribution in [2.45, 2.75) is 123 Å². The van der Waals surface area contributed by atoms with Gasteiger partial charge >= 0.3 is 0 Å². The summed E-state index contributed by atoms with van der Waals surface area (Å²) >= 11 is 0. The van der Waals surface area contributed by atoms with Crippen LogP contribution in [0.1, 0.15) is 154 Å². The zero-order valence-electron chi connectivity index (χ0n) is 28.7. The molecule has 2 nitrogen and oxygen atoms in total. The molecular weight excluding hydrogens is 544 g/mol. The van der Waals surface area contributed by atoms with Crippen LogP contribution in [0.2, 0.25) is 0 Å². The van der Waals surface area contributed by atoms with Crippen molar-refractivity contribution in [3.63, 3.8) is 0 Å². The first kappa shape index (κ1) is 34.4. The number of nitrogens with two attached hydrogens (primary N) is 2. The molecule has 0 bridgehead atoms. The average Bonchev–Trinajstić information content (AvgIpc) is 3.04. The van der Waals surface area contributed by atoms with Crippen molar-refractivity contribution in [3.05, 3.63) is 129 Å². The number of hydrogen-bond acceptors (Lipinski definition) is 2. The second kappa shape index (κ2) is 17.2. The Labute approximate surface area is 274 Å². The molecule has 4 aromatic carbocycles. The van der Waals surface area contributed by atoms with Gasteiger partial charge in [0.15, 0.2) is 0 Å². The van der Waals surface area contributed by atoms with E-state index in [1.165, 1.54) is 102 Å². The molecule has 4 rings (SSSR count). The number of hydrogen-bond donors (Lipinski definition) is 2. The fourth-order valence-corrected chi connectivity index (χ4v) is 7.38. The van der Waals surface area contributed by atoms with Crippen molar-refractivity contribution in [2.75, 3.05) is 11.5 Å². The molecule has 240 valence electrons. The Morgan fingerprint density at radius 1 is 0.444 bits per heavy atom. The first-order valence-corrected chi connectivity index (χ1v) is 17.8. The SMILES string of the molecule is CCCCCCCCCCC(c1ccc(C(CC)c2ccc(N)cc2C)cc1)c1ccc(C(CC)c2ccc(N)cc2C)cc1. The molecule has 0 spiro atoms. The maximum Gasteiger partial charge on any atom is 0.0316 e. The standard InChI is InChI=1S/C43H58N2/c1-6-9-10-11-12-13-14-15-16-43(35-21-17-33(18-22-35)39(7-2)41-27-25-37(44)29-31(41)4)36-23-19-34(20-24-36)40(8-3)42-28-26-38(45)30-32(42)5/h17-30,39-40,43H,6-16,44-45H2,1-5H3. The maximum absolute atomic E-state index is 6.07. The van der Waals surface area contributed by atoms with Gasteiger partial charge in [-0.3, -0.25) is 0 Å². The predicted octanol–water partition coefficient (Wildman–Crippen LogP) is 12.2. The summed E-state index contributed by atoms with van der Waals surface area (Å²) in [5, 5.41) is 0. The molecule has 0 aromatic heterocycles. The second-order valence-electron chi connectivity index (χ2n) is 13.3. The number of benzene rings is 4. The van der Waals surface area contributed by atoms with E-state index in [1.807, 2.05) is 12.1 Å². The minimum Gasteiger partial charge on any atom is -0.399 e. The van der Waals surface area contributed by atoms with Gasteiger partial charge in [-0.25, -0.2) is 0 Å². The van der Waals surface area contributed by atoms with Gasteiger partial charge in [0.2, 0.25) is 0 Å². The summed E-state index contributed by atoms with van der Waals surface area (Å²) in [6.45, 7) is 11.2. The van der Waals surface area contributed by atoms with Crippen LogP contribution in [0.25, 0.3) is 0 Å². The lowest BCUT2D eigenvalue weighted by Crippen LogP contribution is -2.06. The number of aryl methyl sites for hydroxylation is 2. The monoisotopic (exact) mass is 602 g/mol. The molecule has 0 amide bonds. The second-order valence-corrected chi connectivity index (χ2v) is 13.3. The average molecular weight is 603 g/mol. The molecular formula is C43H58N2. The van der Waals surface area contributed by atoms with E-state index in [2.05, 4.69) is 107 Å². The quantitative estimate of drug-likeness (QED) is 0.0933. The molecule has 2 heteroatoms. The van der Waals surface area contributed by atoms with E-state index in [1.54, 1.807) is 0 Å². The molecule has 0 saturated heterocycles. The van der Waals surface area contributed by atoms with Crippen LogP contribution in [-0.4, -0.2) is 0 Å². The number of unbranched alkanes of at least 4 members (excludes halogenated alkanes) is 7. The van der Waals surface area contributed by atoms with E-state index in [-0.39, 0.29) is 0 Å². The first-order valence-electron chi connectivity index (χ1n) is 17.8. The Hall–Kier alpha value is -3.52. The lowest BCUT2D eigenvalue weighted by atomic mass is 9.81. The highest BCUT2D eigenvalue weighted by Crippen LogP contribution is 2.37. The van der Waals surface area contributed by atoms with E-state index in [0.29, 0.717) is 17.8 Å². The van der Waals surface area contributed by atoms with Gasteiger partial charge in [0.05, 0.1) is 0 Å². The summed E-state index contributed by atoms with van der Waals surface area (Å²) in [5.74, 6) is 1.17. The van der Waals surface area contributed by atoms with E-state index >= 15 is 0 Å². The lowest BCUT2D eigenvalue weighted by molar-refractivity contribution is 0.551. The predicted molar refractivity (Wildman–Crippen MR) is 197 cm³/mol. The summed E-state index contributed by atoms with van der Waals surface area (Å²) in [6.07, 6.45) is 14.1. The largest absolute Gasteiger partial charge is 0.399 e. The Morgan fingerprint density at radius 3 is 1.16 bits per heavy atom. The van der Waals surface area contributed by atoms with Gasteiger partial charge in [-0.05, 0) is 102 Å². The normalized spacial score (nSPS) is 13.4. The molecule has 0 aliphatic carbocycles. The zero-order chi connectivity index (χ0) is 32.2. The molecule has 2 unspecified atom stereocenters. The molecule has 0 fully saturated rings. The first-order chi connectivity index (χ1) is 21.9. The highest BCUT2D eigenvalue weighted by Gasteiger charge is 2.20. The summed E-state index contributed by atoms with van der Waals surface area (Å²) in [7, 11) is 0. The van der Waals surface area contributed by atoms with Gasteiger partial charge in [-0.1, -0.05) is 133 Å². The summed E-state index contributed by atoms with van der Waals surface area (Å²) in [4.78, 5) is 0. The van der Waals surface area contributed by atoms with Crippen molar-refractivity contribution in [1.82, 2.24) is 0 Å². The molecule has 4 aromatic rings. The Balaban J connectivity index is 1.56. The topological polar surface area (TPSA) is 52.0 Å². The van der Waals surface area contributed by atoms with Crippen LogP contribution >= 0.6 is 0 Å². The molecule has 0 heterocycles. The van der Waals surface area contributed by atoms with Gasteiger partial charge in [-0.15, -0.1) is 0 Å². The van der Waals surface area contributed by atoms with Crippen LogP contribution in [0.3, 0.4) is 0 Å². The Bertz CT molecular complexity index is 1350. The fraction of sp³-hybridized carbons (Fsp3) is 0.442. The van der Waals surface area contributed by atoms with Gasteiger partial charge in [0, 0.05) is 29.1 Å². The molecule has 0 aliphatic heterocycles. The Kier molecular flexibility index (Phi) is 13.2. The van der Waals surface area contributed by atoms with E-state index in [9.17, 15) is 0 Å². The van der Waals surface area contributed by atoms with Crippen molar-refractivity contribution >= 4 is 11.4 Å². The van der Waals surface area contributed by atoms with Crippen molar-refractivity contribution in [2.24, 2.45) is 0 Å². The highest BCUT2D eigenvalue weighted by molar-refractivity contribution is 5.49. The minimum atomic E-state index is 0.382. The van der Waals surface area contributed by atoms with Crippen LogP contribution < -0.4 is 11.5 Å². The van der Waals surface area contributed by atoms with Crippen molar-refractivity contribution in [3.8, 4) is 0 Å². The third kappa shape index (κ3) is 9.25. The van der Waals surface area contributed by atoms with Crippen LogP contribution in [0.15, 0.2) is 84.9 Å². The lowest BCUT2D eigenvalue weighted by Gasteiger charge is -2.23. The van der Waals surface area contributed by atoms with Crippen LogP contribution in [0.4, 0.5) is 11.4 Å². The zero-order valence-corrected chi connectivity index (χ0v) is 28.7. The fourth-order valence-electron chi connectivity index (χ4n) is 7.38. The highest BCUT2D eigenvalue weighted by atomic mass is 14.5. The minimum absolute atomic E-state index is 0.382. The Morgan fingerprint density at radius 2 is 0.800 bits per heavy atom. The molecule has 0 saturated carbocycles. The molecule has 45 heavy (non-hydrogen) atoms. The summed E-state index contributed by atoms with van der Waals surface area (Å²) < 4.78 is 0. The number of nitrogen functional groups attached to an aromatic ring is 2. The smallest absolute Gasteiger partial charge is 0.0316 e. The molecule has 0 radical (unpaired) electrons. The van der Waals surface area contributed by atoms with Gasteiger partial charge in [0.25, 0.3) is 0 Å². The number of anilines is 2. The van der Waals surface area contributed by atoms with E-state index in [4.69, 9.17) is 11.5 Å². The van der Waals surface area contributed by atoms with E-state index < -0.39 is 0 Å². The molecule has 0 aliphatic rings. The van der Waals surface area contributed by atoms with Crippen LogP contribution in [-0.2, 0) is 0 Å². The summed E-state index contributed by atoms with van der Waals surface area (Å²) in [6, 6.07) is 31.9. The third-order valence-electron chi connectivity index (χ3n) is 9.98. The van der Waals surface area contributed by atoms with Gasteiger partial charge in [0.1, 0.15) is 0 Å². The summed E-state index contributed by atoms with van der Waals surface area (Å²) in [5.41, 5.74) is 24.8. The van der Waals surface area contributed by atoms with E-state index in [0.717, 1.165) is 24.2 Å². The maximum atomic E-state index is 6.07. The van der Waals surface area contributed by atoms with Crippen LogP contribution in [0, 0.1) is 13.8 Å². The third-order valence-corrected chi connectivity index (χ3v) is 9.98. The van der Waals surface area contributed by atoms with Gasteiger partial charge < -0.3 is 11.5 Å². The van der Waals surface area contributed by atoms with Crippen molar-refractivity contribution < 1.29 is 0 Å². The van der Waals surface area contributed by atoms with Crippen molar-refractivity contribution in [1.29, 1.82) is 0 Å². The number of rotatable bonds is 17. The molecule has 2 atom stereocenters. The van der Waals surface area contributed by atoms with Crippen LogP contribution in [0.5, 0.6) is 0 Å². The van der Waals surface area contributed by atoms with Gasteiger partial charge in [-0.2, -0.15) is 0 Å².